The van der Waals surface area contributed by atoms with Crippen LogP contribution in [0.15, 0.2) is 60.8 Å². The number of aromatic nitrogens is 1. The van der Waals surface area contributed by atoms with Gasteiger partial charge in [0.05, 0.1) is 18.8 Å². The lowest BCUT2D eigenvalue weighted by Crippen LogP contribution is -2.61. The van der Waals surface area contributed by atoms with Crippen molar-refractivity contribution in [3.8, 4) is 5.75 Å². The summed E-state index contributed by atoms with van der Waals surface area (Å²) in [7, 11) is -4.76. The first-order valence-corrected chi connectivity index (χ1v) is 19.1. The van der Waals surface area contributed by atoms with Crippen LogP contribution in [0.25, 0.3) is 10.9 Å². The Morgan fingerprint density at radius 1 is 0.852 bits per heavy atom. The highest BCUT2D eigenvalue weighted by Gasteiger charge is 2.53. The van der Waals surface area contributed by atoms with Crippen molar-refractivity contribution in [1.82, 2.24) is 15.4 Å². The number of fused-ring (bicyclic) bond motifs is 1. The molecule has 1 aliphatic rings. The standard InChI is InChI=1S/C37H48N3O13P/c1-8-47-36(45)31(19-26-20-38-29-17-13-12-16-28(26)29)39-35(44)30(18-21(2)3)40-54(46,52-27-14-10-9-11-15-27)53-37-34(51-25(7)43)33(50-24(6)42)32(22(4)48-37)49-23(5)41/h9-17,20-22,30-34,37-38H,8,18-19H2,1-7H3,(H,39,44)(H,40,46)/t22-,30-,31-,32-,33+,34+,37-,54?/m0/s1. The highest BCUT2D eigenvalue weighted by atomic mass is 31.2. The second kappa shape index (κ2) is 19.0. The lowest BCUT2D eigenvalue weighted by Gasteiger charge is -2.43. The molecule has 1 aliphatic heterocycles. The van der Waals surface area contributed by atoms with E-state index in [2.05, 4.69) is 15.4 Å². The van der Waals surface area contributed by atoms with Gasteiger partial charge in [-0.05, 0) is 49.9 Å². The molecule has 0 spiro atoms. The van der Waals surface area contributed by atoms with Gasteiger partial charge < -0.3 is 38.5 Å². The predicted molar refractivity (Wildman–Crippen MR) is 194 cm³/mol. The normalized spacial score (nSPS) is 22.0. The minimum atomic E-state index is -4.76. The van der Waals surface area contributed by atoms with Crippen molar-refractivity contribution in [3.63, 3.8) is 0 Å². The Labute approximate surface area is 313 Å². The quantitative estimate of drug-likeness (QED) is 0.0981. The van der Waals surface area contributed by atoms with Crippen molar-refractivity contribution >= 4 is 48.4 Å². The molecule has 2 aromatic carbocycles. The van der Waals surface area contributed by atoms with Gasteiger partial charge in [0.15, 0.2) is 18.3 Å². The molecule has 2 heterocycles. The summed E-state index contributed by atoms with van der Waals surface area (Å²) in [5.41, 5.74) is 1.60. The molecule has 0 saturated carbocycles. The summed E-state index contributed by atoms with van der Waals surface area (Å²) in [4.78, 5) is 67.1. The van der Waals surface area contributed by atoms with Crippen LogP contribution in [0.4, 0.5) is 0 Å². The summed E-state index contributed by atoms with van der Waals surface area (Å²) in [5.74, 6) is -3.87. The number of H-pyrrole nitrogens is 1. The van der Waals surface area contributed by atoms with Gasteiger partial charge >= 0.3 is 31.6 Å². The molecule has 0 radical (unpaired) electrons. The maximum Gasteiger partial charge on any atom is 0.461 e. The number of hydrogen-bond donors (Lipinski definition) is 3. The number of para-hydroxylation sites is 2. The molecule has 1 unspecified atom stereocenters. The Morgan fingerprint density at radius 2 is 1.46 bits per heavy atom. The van der Waals surface area contributed by atoms with E-state index in [-0.39, 0.29) is 31.1 Å². The number of esters is 4. The average molecular weight is 774 g/mol. The van der Waals surface area contributed by atoms with Crippen molar-refractivity contribution in [2.24, 2.45) is 5.92 Å². The highest BCUT2D eigenvalue weighted by Crippen LogP contribution is 2.49. The molecule has 1 aromatic heterocycles. The molecule has 8 atom stereocenters. The predicted octanol–water partition coefficient (Wildman–Crippen LogP) is 4.51. The molecule has 1 saturated heterocycles. The fourth-order valence-electron chi connectivity index (χ4n) is 6.00. The summed E-state index contributed by atoms with van der Waals surface area (Å²) >= 11 is 0. The van der Waals surface area contributed by atoms with Crippen molar-refractivity contribution in [1.29, 1.82) is 0 Å². The number of carbonyl (C=O) groups excluding carboxylic acids is 5. The molecule has 54 heavy (non-hydrogen) atoms. The Balaban J connectivity index is 1.70. The smallest absolute Gasteiger partial charge is 0.461 e. The maximum absolute atomic E-state index is 15.0. The molecule has 294 valence electrons. The Kier molecular flexibility index (Phi) is 14.8. The summed E-state index contributed by atoms with van der Waals surface area (Å²) in [6, 6.07) is 13.0. The number of benzene rings is 2. The maximum atomic E-state index is 15.0. The highest BCUT2D eigenvalue weighted by molar-refractivity contribution is 7.52. The molecule has 1 fully saturated rings. The third-order valence-corrected chi connectivity index (χ3v) is 9.73. The second-order valence-corrected chi connectivity index (χ2v) is 14.8. The molecular formula is C37H48N3O13P. The third-order valence-electron chi connectivity index (χ3n) is 8.17. The molecule has 17 heteroatoms. The van der Waals surface area contributed by atoms with E-state index >= 15 is 0 Å². The van der Waals surface area contributed by atoms with Crippen LogP contribution in [-0.4, -0.2) is 84.2 Å². The first kappa shape index (κ1) is 42.0. The van der Waals surface area contributed by atoms with Crippen molar-refractivity contribution in [2.45, 2.75) is 104 Å². The molecule has 3 N–H and O–H groups in total. The van der Waals surface area contributed by atoms with Crippen LogP contribution < -0.4 is 14.9 Å². The topological polar surface area (TPSA) is 207 Å². The number of aromatic amines is 1. The van der Waals surface area contributed by atoms with Crippen LogP contribution in [-0.2, 0) is 63.2 Å². The molecule has 0 aliphatic carbocycles. The number of nitrogens with one attached hydrogen (secondary N) is 3. The number of hydrogen-bond acceptors (Lipinski definition) is 13. The minimum absolute atomic E-state index is 0.0662. The van der Waals surface area contributed by atoms with E-state index in [1.165, 1.54) is 19.1 Å². The summed E-state index contributed by atoms with van der Waals surface area (Å²) in [6.45, 7) is 10.2. The van der Waals surface area contributed by atoms with Crippen LogP contribution in [0.2, 0.25) is 0 Å². The van der Waals surface area contributed by atoms with E-state index in [0.717, 1.165) is 37.2 Å². The van der Waals surface area contributed by atoms with Crippen LogP contribution in [0.1, 0.15) is 60.5 Å². The van der Waals surface area contributed by atoms with Crippen LogP contribution in [0.3, 0.4) is 0 Å². The SMILES string of the molecule is CCOC(=O)[C@H](Cc1c[nH]c2ccccc12)NC(=O)[C@H](CC(C)C)NP(=O)(Oc1ccccc1)O[C@@H]1O[C@@H](C)[C@H](OC(C)=O)[C@@H](OC(C)=O)[C@H]1OC(C)=O. The largest absolute Gasteiger partial charge is 0.464 e. The van der Waals surface area contributed by atoms with Gasteiger partial charge in [0.2, 0.25) is 12.2 Å². The molecule has 0 bridgehead atoms. The van der Waals surface area contributed by atoms with E-state index in [9.17, 15) is 28.5 Å². The number of carbonyl (C=O) groups is 5. The summed E-state index contributed by atoms with van der Waals surface area (Å²) in [6.07, 6.45) is -5.22. The molecule has 1 amide bonds. The van der Waals surface area contributed by atoms with Crippen LogP contribution in [0.5, 0.6) is 5.75 Å². The zero-order chi connectivity index (χ0) is 39.6. The van der Waals surface area contributed by atoms with Crippen molar-refractivity contribution in [2.75, 3.05) is 6.61 Å². The number of rotatable bonds is 17. The molecule has 4 rings (SSSR count). The average Bonchev–Trinajstić information content (AvgIpc) is 3.50. The van der Waals surface area contributed by atoms with Gasteiger partial charge in [0, 0.05) is 44.3 Å². The van der Waals surface area contributed by atoms with Crippen LogP contribution >= 0.6 is 7.75 Å². The number of ether oxygens (including phenoxy) is 5. The lowest BCUT2D eigenvalue weighted by atomic mass is 9.99. The number of amides is 1. The van der Waals surface area contributed by atoms with Crippen molar-refractivity contribution < 1.29 is 61.3 Å². The van der Waals surface area contributed by atoms with Gasteiger partial charge in [-0.1, -0.05) is 50.2 Å². The zero-order valence-electron chi connectivity index (χ0n) is 31.3. The Bertz CT molecular complexity index is 1820. The fraction of sp³-hybridized carbons (Fsp3) is 0.486. The monoisotopic (exact) mass is 773 g/mol. The van der Waals surface area contributed by atoms with Gasteiger partial charge in [-0.25, -0.2) is 9.36 Å². The van der Waals surface area contributed by atoms with Crippen molar-refractivity contribution in [3.05, 3.63) is 66.4 Å². The van der Waals surface area contributed by atoms with Gasteiger partial charge in [-0.3, -0.25) is 23.7 Å². The second-order valence-electron chi connectivity index (χ2n) is 13.1. The molecule has 3 aromatic rings. The van der Waals surface area contributed by atoms with E-state index < -0.39 is 80.3 Å². The zero-order valence-corrected chi connectivity index (χ0v) is 32.2. The van der Waals surface area contributed by atoms with E-state index in [4.69, 9.17) is 32.7 Å². The van der Waals surface area contributed by atoms with E-state index in [0.29, 0.717) is 0 Å². The van der Waals surface area contributed by atoms with Gasteiger partial charge in [0.25, 0.3) is 0 Å². The molecular weight excluding hydrogens is 725 g/mol. The Hall–Kier alpha value is -4.76. The van der Waals surface area contributed by atoms with Gasteiger partial charge in [-0.2, -0.15) is 5.09 Å². The minimum Gasteiger partial charge on any atom is -0.464 e. The van der Waals surface area contributed by atoms with Gasteiger partial charge in [-0.15, -0.1) is 0 Å². The molecule has 16 nitrogen and oxygen atoms in total. The van der Waals surface area contributed by atoms with E-state index in [1.807, 2.05) is 38.1 Å². The summed E-state index contributed by atoms with van der Waals surface area (Å²) < 4.78 is 54.5. The first-order valence-electron chi connectivity index (χ1n) is 17.6. The third kappa shape index (κ3) is 11.6. The fourth-order valence-corrected chi connectivity index (χ4v) is 7.60. The Morgan fingerprint density at radius 3 is 2.09 bits per heavy atom. The van der Waals surface area contributed by atoms with Crippen LogP contribution in [0, 0.1) is 5.92 Å². The first-order chi connectivity index (χ1) is 25.6. The summed E-state index contributed by atoms with van der Waals surface area (Å²) in [5, 5.41) is 6.36. The van der Waals surface area contributed by atoms with E-state index in [1.54, 1.807) is 31.3 Å². The van der Waals surface area contributed by atoms with Gasteiger partial charge in [0.1, 0.15) is 11.8 Å². The lowest BCUT2D eigenvalue weighted by molar-refractivity contribution is -0.281.